The minimum Gasteiger partial charge on any atom is -0.482 e. The van der Waals surface area contributed by atoms with Crippen molar-refractivity contribution in [2.75, 3.05) is 29.5 Å². The Morgan fingerprint density at radius 1 is 1.00 bits per heavy atom. The van der Waals surface area contributed by atoms with E-state index >= 15 is 0 Å². The van der Waals surface area contributed by atoms with Crippen LogP contribution in [0.15, 0.2) is 48.5 Å². The quantitative estimate of drug-likeness (QED) is 0.734. The summed E-state index contributed by atoms with van der Waals surface area (Å²) in [6.45, 7) is 0.205. The van der Waals surface area contributed by atoms with E-state index in [2.05, 4.69) is 10.9 Å². The lowest BCUT2D eigenvalue weighted by atomic mass is 10.2. The highest BCUT2D eigenvalue weighted by molar-refractivity contribution is 6.03. The van der Waals surface area contributed by atoms with Gasteiger partial charge in [0.2, 0.25) is 5.91 Å². The summed E-state index contributed by atoms with van der Waals surface area (Å²) in [5.41, 5.74) is 6.12. The number of carbonyl (C=O) groups is 4. The predicted octanol–water partition coefficient (Wildman–Crippen LogP) is 1.000. The van der Waals surface area contributed by atoms with Crippen molar-refractivity contribution in [3.05, 3.63) is 54.1 Å². The molecule has 154 valence electrons. The van der Waals surface area contributed by atoms with Crippen molar-refractivity contribution >= 4 is 35.0 Å². The Morgan fingerprint density at radius 2 is 1.83 bits per heavy atom. The van der Waals surface area contributed by atoms with Crippen molar-refractivity contribution in [3.63, 3.8) is 0 Å². The highest BCUT2D eigenvalue weighted by Crippen LogP contribution is 2.31. The molecule has 9 heteroatoms. The zero-order valence-corrected chi connectivity index (χ0v) is 16.1. The third-order valence-electron chi connectivity index (χ3n) is 4.92. The molecule has 0 aromatic heterocycles. The summed E-state index contributed by atoms with van der Waals surface area (Å²) in [5, 5.41) is 0. The molecule has 0 radical (unpaired) electrons. The second kappa shape index (κ2) is 8.24. The van der Waals surface area contributed by atoms with Crippen LogP contribution in [0.4, 0.5) is 11.4 Å². The van der Waals surface area contributed by atoms with Crippen molar-refractivity contribution in [1.29, 1.82) is 0 Å². The van der Waals surface area contributed by atoms with Gasteiger partial charge in [0.15, 0.2) is 6.61 Å². The fourth-order valence-corrected chi connectivity index (χ4v) is 3.45. The summed E-state index contributed by atoms with van der Waals surface area (Å²) in [7, 11) is 0. The summed E-state index contributed by atoms with van der Waals surface area (Å²) in [6.07, 6.45) is 1.28. The number of nitrogens with zero attached hydrogens (tertiary/aromatic N) is 2. The first-order valence-electron chi connectivity index (χ1n) is 9.55. The molecular weight excluding hydrogens is 388 g/mol. The largest absolute Gasteiger partial charge is 0.482 e. The average molecular weight is 408 g/mol. The number of nitrogens with one attached hydrogen (secondary N) is 2. The molecule has 0 atom stereocenters. The lowest BCUT2D eigenvalue weighted by Crippen LogP contribution is -2.49. The molecule has 4 rings (SSSR count). The first-order chi connectivity index (χ1) is 14.5. The molecule has 2 aliphatic heterocycles. The van der Waals surface area contributed by atoms with E-state index in [1.807, 2.05) is 0 Å². The minimum absolute atomic E-state index is 0.0244. The van der Waals surface area contributed by atoms with Gasteiger partial charge < -0.3 is 9.64 Å². The maximum absolute atomic E-state index is 12.4. The summed E-state index contributed by atoms with van der Waals surface area (Å²) >= 11 is 0. The molecule has 0 saturated carbocycles. The number of fused-ring (bicyclic) bond motifs is 1. The van der Waals surface area contributed by atoms with Gasteiger partial charge in [0.25, 0.3) is 17.7 Å². The first kappa shape index (κ1) is 19.4. The fourth-order valence-electron chi connectivity index (χ4n) is 3.45. The van der Waals surface area contributed by atoms with E-state index in [-0.39, 0.29) is 25.0 Å². The molecular formula is C21H20N4O5. The number of carbonyl (C=O) groups excluding carboxylic acids is 4. The number of rotatable bonds is 4. The summed E-state index contributed by atoms with van der Waals surface area (Å²) in [5.74, 6) is -0.887. The van der Waals surface area contributed by atoms with Crippen molar-refractivity contribution < 1.29 is 23.9 Å². The molecule has 2 aromatic carbocycles. The van der Waals surface area contributed by atoms with E-state index in [4.69, 9.17) is 4.74 Å². The standard InChI is InChI=1S/C21H20N4O5/c26-18(12-25-16-7-1-2-8-17(16)30-13-20(25)28)22-23-21(29)14-5-3-6-15(11-14)24-10-4-9-19(24)27/h1-3,5-8,11H,4,9-10,12-13H2,(H,22,26)(H,23,29). The first-order valence-corrected chi connectivity index (χ1v) is 9.55. The smallest absolute Gasteiger partial charge is 0.269 e. The number of hydrazine groups is 1. The van der Waals surface area contributed by atoms with Crippen molar-refractivity contribution in [1.82, 2.24) is 10.9 Å². The molecule has 2 heterocycles. The van der Waals surface area contributed by atoms with E-state index in [1.165, 1.54) is 4.90 Å². The highest BCUT2D eigenvalue weighted by atomic mass is 16.5. The predicted molar refractivity (Wildman–Crippen MR) is 108 cm³/mol. The monoisotopic (exact) mass is 408 g/mol. The summed E-state index contributed by atoms with van der Waals surface area (Å²) in [4.78, 5) is 51.7. The van der Waals surface area contributed by atoms with E-state index in [9.17, 15) is 19.2 Å². The number of hydrogen-bond acceptors (Lipinski definition) is 5. The van der Waals surface area contributed by atoms with Gasteiger partial charge in [-0.25, -0.2) is 0 Å². The number of para-hydroxylation sites is 2. The molecule has 0 bridgehead atoms. The maximum Gasteiger partial charge on any atom is 0.269 e. The second-order valence-electron chi connectivity index (χ2n) is 6.94. The van der Waals surface area contributed by atoms with Crippen molar-refractivity contribution in [3.8, 4) is 5.75 Å². The van der Waals surface area contributed by atoms with Gasteiger partial charge in [0.1, 0.15) is 12.3 Å². The molecule has 1 saturated heterocycles. The lowest BCUT2D eigenvalue weighted by Gasteiger charge is -2.28. The Balaban J connectivity index is 1.37. The van der Waals surface area contributed by atoms with Gasteiger partial charge in [-0.3, -0.25) is 34.9 Å². The fraction of sp³-hybridized carbons (Fsp3) is 0.238. The van der Waals surface area contributed by atoms with Gasteiger partial charge in [0.05, 0.1) is 5.69 Å². The van der Waals surface area contributed by atoms with Crippen LogP contribution in [-0.4, -0.2) is 43.3 Å². The number of ether oxygens (including phenoxy) is 1. The van der Waals surface area contributed by atoms with Crippen LogP contribution in [0.3, 0.4) is 0 Å². The van der Waals surface area contributed by atoms with Crippen LogP contribution < -0.4 is 25.4 Å². The molecule has 1 fully saturated rings. The number of amides is 4. The Bertz CT molecular complexity index is 1020. The van der Waals surface area contributed by atoms with Gasteiger partial charge in [0, 0.05) is 24.2 Å². The molecule has 9 nitrogen and oxygen atoms in total. The molecule has 0 unspecified atom stereocenters. The third kappa shape index (κ3) is 3.95. The van der Waals surface area contributed by atoms with Gasteiger partial charge in [-0.15, -0.1) is 0 Å². The van der Waals surface area contributed by atoms with E-state index < -0.39 is 11.8 Å². The topological polar surface area (TPSA) is 108 Å². The summed E-state index contributed by atoms with van der Waals surface area (Å²) < 4.78 is 5.34. The molecule has 4 amide bonds. The van der Waals surface area contributed by atoms with Crippen LogP contribution in [0.1, 0.15) is 23.2 Å². The van der Waals surface area contributed by atoms with Gasteiger partial charge in [-0.2, -0.15) is 0 Å². The van der Waals surface area contributed by atoms with Crippen LogP contribution in [0.5, 0.6) is 5.75 Å². The van der Waals surface area contributed by atoms with Crippen LogP contribution in [0, 0.1) is 0 Å². The van der Waals surface area contributed by atoms with Crippen LogP contribution in [-0.2, 0) is 14.4 Å². The molecule has 0 aliphatic carbocycles. The Labute approximate surface area is 172 Å². The molecule has 2 N–H and O–H groups in total. The van der Waals surface area contributed by atoms with Crippen LogP contribution in [0.2, 0.25) is 0 Å². The second-order valence-corrected chi connectivity index (χ2v) is 6.94. The molecule has 2 aliphatic rings. The SMILES string of the molecule is O=C(CN1C(=O)COc2ccccc21)NNC(=O)c1cccc(N2CCCC2=O)c1. The van der Waals surface area contributed by atoms with Crippen molar-refractivity contribution in [2.45, 2.75) is 12.8 Å². The zero-order chi connectivity index (χ0) is 21.1. The van der Waals surface area contributed by atoms with E-state index in [0.717, 1.165) is 6.42 Å². The number of benzene rings is 2. The molecule has 0 spiro atoms. The van der Waals surface area contributed by atoms with E-state index in [1.54, 1.807) is 53.4 Å². The highest BCUT2D eigenvalue weighted by Gasteiger charge is 2.27. The minimum atomic E-state index is -0.556. The van der Waals surface area contributed by atoms with E-state index in [0.29, 0.717) is 35.7 Å². The van der Waals surface area contributed by atoms with Crippen LogP contribution >= 0.6 is 0 Å². The van der Waals surface area contributed by atoms with Gasteiger partial charge >= 0.3 is 0 Å². The molecule has 30 heavy (non-hydrogen) atoms. The average Bonchev–Trinajstić information content (AvgIpc) is 3.20. The Kier molecular flexibility index (Phi) is 5.34. The van der Waals surface area contributed by atoms with Crippen molar-refractivity contribution in [2.24, 2.45) is 0 Å². The van der Waals surface area contributed by atoms with Gasteiger partial charge in [-0.1, -0.05) is 18.2 Å². The van der Waals surface area contributed by atoms with Crippen LogP contribution in [0.25, 0.3) is 0 Å². The lowest BCUT2D eigenvalue weighted by molar-refractivity contribution is -0.125. The zero-order valence-electron chi connectivity index (χ0n) is 16.1. The number of anilines is 2. The maximum atomic E-state index is 12.4. The van der Waals surface area contributed by atoms with Gasteiger partial charge in [-0.05, 0) is 36.8 Å². The Morgan fingerprint density at radius 3 is 2.63 bits per heavy atom. The summed E-state index contributed by atoms with van der Waals surface area (Å²) in [6, 6.07) is 13.6. The number of hydrogen-bond donors (Lipinski definition) is 2. The Hall–Kier alpha value is -3.88. The normalized spacial score (nSPS) is 15.5. The molecule has 2 aromatic rings. The third-order valence-corrected chi connectivity index (χ3v) is 4.92.